The van der Waals surface area contributed by atoms with Gasteiger partial charge in [-0.25, -0.2) is 4.79 Å². The number of carboxylic acid groups (broad SMARTS) is 1. The van der Waals surface area contributed by atoms with Crippen molar-refractivity contribution in [2.24, 2.45) is 17.6 Å². The van der Waals surface area contributed by atoms with Crippen molar-refractivity contribution in [1.82, 2.24) is 9.80 Å². The highest BCUT2D eigenvalue weighted by molar-refractivity contribution is 5.76. The Bertz CT molecular complexity index is 378. The van der Waals surface area contributed by atoms with Crippen molar-refractivity contribution in [3.63, 3.8) is 0 Å². The Balaban J connectivity index is 2.42. The normalized spacial score (nSPS) is 17.6. The highest BCUT2D eigenvalue weighted by Crippen LogP contribution is 2.21. The molecule has 20 heavy (non-hydrogen) atoms. The maximum Gasteiger partial charge on any atom is 0.319 e. The summed E-state index contributed by atoms with van der Waals surface area (Å²) in [5.74, 6) is -1.55. The summed E-state index contributed by atoms with van der Waals surface area (Å²) in [4.78, 5) is 36.9. The smallest absolute Gasteiger partial charge is 0.319 e. The number of amides is 3. The van der Waals surface area contributed by atoms with Gasteiger partial charge in [0.25, 0.3) is 0 Å². The number of hydrogen-bond acceptors (Lipinski definition) is 3. The summed E-state index contributed by atoms with van der Waals surface area (Å²) >= 11 is 0. The Morgan fingerprint density at radius 1 is 1.35 bits per heavy atom. The molecule has 0 radical (unpaired) electrons. The molecule has 1 fully saturated rings. The number of hydrogen-bond donors (Lipinski definition) is 2. The van der Waals surface area contributed by atoms with E-state index in [1.807, 2.05) is 0 Å². The maximum atomic E-state index is 12.2. The topological polar surface area (TPSA) is 104 Å². The third-order valence-corrected chi connectivity index (χ3v) is 3.67. The summed E-state index contributed by atoms with van der Waals surface area (Å²) in [5.41, 5.74) is 5.17. The summed E-state index contributed by atoms with van der Waals surface area (Å²) in [6.45, 7) is 2.94. The Labute approximate surface area is 118 Å². The number of rotatable bonds is 5. The number of aliphatic carboxylic acids is 1. The lowest BCUT2D eigenvalue weighted by Crippen LogP contribution is -2.47. The van der Waals surface area contributed by atoms with Gasteiger partial charge in [0.15, 0.2) is 0 Å². The van der Waals surface area contributed by atoms with E-state index in [1.165, 1.54) is 4.90 Å². The molecule has 0 aromatic rings. The molecule has 3 amide bonds. The van der Waals surface area contributed by atoms with E-state index in [1.54, 1.807) is 18.9 Å². The Morgan fingerprint density at radius 2 is 1.90 bits per heavy atom. The predicted molar refractivity (Wildman–Crippen MR) is 72.9 cm³/mol. The third-order valence-electron chi connectivity index (χ3n) is 3.67. The van der Waals surface area contributed by atoms with Crippen molar-refractivity contribution in [1.29, 1.82) is 0 Å². The van der Waals surface area contributed by atoms with E-state index < -0.39 is 11.9 Å². The first-order chi connectivity index (χ1) is 9.31. The van der Waals surface area contributed by atoms with Gasteiger partial charge in [0.2, 0.25) is 5.91 Å². The molecule has 1 aliphatic rings. The van der Waals surface area contributed by atoms with Crippen molar-refractivity contribution in [3.05, 3.63) is 0 Å². The van der Waals surface area contributed by atoms with E-state index >= 15 is 0 Å². The molecule has 0 aromatic carbocycles. The van der Waals surface area contributed by atoms with E-state index in [9.17, 15) is 14.4 Å². The van der Waals surface area contributed by atoms with Crippen LogP contribution in [-0.4, -0.2) is 59.5 Å². The SMILES string of the molecule is CC(CN(C)C(=O)N1CCC(CC(N)=O)CC1)C(=O)O. The Hall–Kier alpha value is -1.79. The van der Waals surface area contributed by atoms with Gasteiger partial charge in [-0.2, -0.15) is 0 Å². The number of carbonyl (C=O) groups is 3. The molecule has 0 spiro atoms. The lowest BCUT2D eigenvalue weighted by atomic mass is 9.93. The van der Waals surface area contributed by atoms with Crippen molar-refractivity contribution < 1.29 is 19.5 Å². The van der Waals surface area contributed by atoms with Crippen LogP contribution in [0.5, 0.6) is 0 Å². The number of nitrogens with two attached hydrogens (primary N) is 1. The minimum absolute atomic E-state index is 0.157. The van der Waals surface area contributed by atoms with Crippen LogP contribution in [0.3, 0.4) is 0 Å². The molecule has 3 N–H and O–H groups in total. The molecule has 0 aromatic heterocycles. The van der Waals surface area contributed by atoms with Gasteiger partial charge in [0, 0.05) is 33.1 Å². The molecule has 1 atom stereocenters. The van der Waals surface area contributed by atoms with Crippen LogP contribution in [0, 0.1) is 11.8 Å². The van der Waals surface area contributed by atoms with E-state index in [-0.39, 0.29) is 24.4 Å². The number of nitrogens with zero attached hydrogens (tertiary/aromatic N) is 2. The quantitative estimate of drug-likeness (QED) is 0.760. The van der Waals surface area contributed by atoms with Crippen LogP contribution < -0.4 is 5.73 Å². The van der Waals surface area contributed by atoms with E-state index in [2.05, 4.69) is 0 Å². The summed E-state index contributed by atoms with van der Waals surface area (Å²) in [7, 11) is 1.61. The van der Waals surface area contributed by atoms with Gasteiger partial charge in [-0.15, -0.1) is 0 Å². The van der Waals surface area contributed by atoms with Gasteiger partial charge in [0.1, 0.15) is 0 Å². The Morgan fingerprint density at radius 3 is 2.35 bits per heavy atom. The van der Waals surface area contributed by atoms with Gasteiger partial charge in [-0.1, -0.05) is 6.92 Å². The Kier molecular flexibility index (Phi) is 5.79. The average Bonchev–Trinajstić information content (AvgIpc) is 2.37. The van der Waals surface area contributed by atoms with Crippen LogP contribution in [0.4, 0.5) is 4.79 Å². The molecule has 0 saturated carbocycles. The lowest BCUT2D eigenvalue weighted by Gasteiger charge is -2.34. The van der Waals surface area contributed by atoms with Gasteiger partial charge in [-0.05, 0) is 18.8 Å². The molecule has 1 rings (SSSR count). The summed E-state index contributed by atoms with van der Waals surface area (Å²) in [5, 5.41) is 8.85. The number of carboxylic acids is 1. The first kappa shape index (κ1) is 16.3. The fraction of sp³-hybridized carbons (Fsp3) is 0.769. The molecular weight excluding hydrogens is 262 g/mol. The first-order valence-corrected chi connectivity index (χ1v) is 6.82. The van der Waals surface area contributed by atoms with Crippen LogP contribution in [0.1, 0.15) is 26.2 Å². The highest BCUT2D eigenvalue weighted by Gasteiger charge is 2.26. The van der Waals surface area contributed by atoms with Crippen LogP contribution >= 0.6 is 0 Å². The van der Waals surface area contributed by atoms with Gasteiger partial charge in [-0.3, -0.25) is 9.59 Å². The van der Waals surface area contributed by atoms with Crippen molar-refractivity contribution in [2.45, 2.75) is 26.2 Å². The number of piperidine rings is 1. The molecule has 1 saturated heterocycles. The molecule has 7 heteroatoms. The van der Waals surface area contributed by atoms with Gasteiger partial charge in [0.05, 0.1) is 5.92 Å². The third kappa shape index (κ3) is 4.71. The summed E-state index contributed by atoms with van der Waals surface area (Å²) < 4.78 is 0. The summed E-state index contributed by atoms with van der Waals surface area (Å²) in [6, 6.07) is -0.157. The monoisotopic (exact) mass is 285 g/mol. The van der Waals surface area contributed by atoms with E-state index in [0.29, 0.717) is 19.5 Å². The molecule has 1 heterocycles. The number of primary amides is 1. The van der Waals surface area contributed by atoms with E-state index in [4.69, 9.17) is 10.8 Å². The molecule has 0 bridgehead atoms. The number of urea groups is 1. The zero-order valence-corrected chi connectivity index (χ0v) is 12.0. The van der Waals surface area contributed by atoms with Crippen LogP contribution in [-0.2, 0) is 9.59 Å². The second-order valence-electron chi connectivity index (χ2n) is 5.50. The standard InChI is InChI=1S/C13H23N3O4/c1-9(12(18)19)8-15(2)13(20)16-5-3-10(4-6-16)7-11(14)17/h9-10H,3-8H2,1-2H3,(H2,14,17)(H,18,19). The number of likely N-dealkylation sites (tertiary alicyclic amines) is 1. The largest absolute Gasteiger partial charge is 0.481 e. The van der Waals surface area contributed by atoms with Crippen LogP contribution in [0.2, 0.25) is 0 Å². The fourth-order valence-electron chi connectivity index (χ4n) is 2.42. The van der Waals surface area contributed by atoms with Crippen molar-refractivity contribution in [2.75, 3.05) is 26.7 Å². The molecular formula is C13H23N3O4. The molecule has 0 aliphatic carbocycles. The van der Waals surface area contributed by atoms with Gasteiger partial charge >= 0.3 is 12.0 Å². The molecule has 7 nitrogen and oxygen atoms in total. The van der Waals surface area contributed by atoms with Crippen molar-refractivity contribution >= 4 is 17.9 Å². The molecule has 114 valence electrons. The zero-order valence-electron chi connectivity index (χ0n) is 12.0. The second-order valence-corrected chi connectivity index (χ2v) is 5.50. The first-order valence-electron chi connectivity index (χ1n) is 6.82. The van der Waals surface area contributed by atoms with Gasteiger partial charge < -0.3 is 20.6 Å². The minimum Gasteiger partial charge on any atom is -0.481 e. The maximum absolute atomic E-state index is 12.2. The minimum atomic E-state index is -0.912. The summed E-state index contributed by atoms with van der Waals surface area (Å²) in [6.07, 6.45) is 1.89. The van der Waals surface area contributed by atoms with Crippen LogP contribution in [0.15, 0.2) is 0 Å². The fourth-order valence-corrected chi connectivity index (χ4v) is 2.42. The molecule has 1 aliphatic heterocycles. The second kappa shape index (κ2) is 7.12. The zero-order chi connectivity index (χ0) is 15.3. The number of carbonyl (C=O) groups excluding carboxylic acids is 2. The van der Waals surface area contributed by atoms with Crippen LogP contribution in [0.25, 0.3) is 0 Å². The molecule has 1 unspecified atom stereocenters. The average molecular weight is 285 g/mol. The highest BCUT2D eigenvalue weighted by atomic mass is 16.4. The van der Waals surface area contributed by atoms with Crippen molar-refractivity contribution in [3.8, 4) is 0 Å². The predicted octanol–water partition coefficient (Wildman–Crippen LogP) is 0.346. The van der Waals surface area contributed by atoms with E-state index in [0.717, 1.165) is 12.8 Å². The lowest BCUT2D eigenvalue weighted by molar-refractivity contribution is -0.141.